The van der Waals surface area contributed by atoms with Gasteiger partial charge in [0.1, 0.15) is 0 Å². The lowest BCUT2D eigenvalue weighted by Gasteiger charge is -2.35. The fraction of sp³-hybridized carbons (Fsp3) is 0.778. The lowest BCUT2D eigenvalue weighted by molar-refractivity contribution is 0.0830. The van der Waals surface area contributed by atoms with Crippen molar-refractivity contribution in [3.63, 3.8) is 0 Å². The molecule has 0 bridgehead atoms. The van der Waals surface area contributed by atoms with Crippen molar-refractivity contribution < 1.29 is 4.74 Å². The van der Waals surface area contributed by atoms with Crippen LogP contribution in [-0.4, -0.2) is 17.3 Å². The molecule has 3 nitrogen and oxygen atoms in total. The second-order valence-electron chi connectivity index (χ2n) is 7.82. The van der Waals surface area contributed by atoms with Gasteiger partial charge in [-0.3, -0.25) is 0 Å². The minimum atomic E-state index is 0.200. The maximum atomic E-state index is 6.43. The molecule has 1 fully saturated rings. The number of aryl methyl sites for hydroxylation is 1. The van der Waals surface area contributed by atoms with Gasteiger partial charge in [0, 0.05) is 36.5 Å². The molecule has 1 aliphatic carbocycles. The largest absolute Gasteiger partial charge is 0.378 e. The standard InChI is InChI=1S/C18H30N2O/c1-5-17-13(6-7-21-17)11-20-12(2)8-14-15(19)9-18(3,4)10-16(14)20/h8,13,15,17H,5-7,9-11,19H2,1-4H3. The zero-order chi connectivity index (χ0) is 15.2. The van der Waals surface area contributed by atoms with E-state index in [9.17, 15) is 0 Å². The number of fused-ring (bicyclic) bond motifs is 1. The van der Waals surface area contributed by atoms with Crippen molar-refractivity contribution in [2.45, 2.75) is 72.1 Å². The van der Waals surface area contributed by atoms with Crippen LogP contribution in [0.25, 0.3) is 0 Å². The number of nitrogens with two attached hydrogens (primary N) is 1. The van der Waals surface area contributed by atoms with Crippen molar-refractivity contribution in [1.29, 1.82) is 0 Å². The Hall–Kier alpha value is -0.800. The molecule has 118 valence electrons. The molecule has 3 rings (SSSR count). The van der Waals surface area contributed by atoms with Gasteiger partial charge in [0.15, 0.2) is 0 Å². The third-order valence-corrected chi connectivity index (χ3v) is 5.43. The summed E-state index contributed by atoms with van der Waals surface area (Å²) in [6, 6.07) is 2.52. The van der Waals surface area contributed by atoms with E-state index in [1.54, 1.807) is 0 Å². The third kappa shape index (κ3) is 2.78. The fourth-order valence-electron chi connectivity index (χ4n) is 4.35. The molecule has 1 aromatic rings. The number of ether oxygens (including phenoxy) is 1. The molecule has 0 radical (unpaired) electrons. The van der Waals surface area contributed by atoms with Crippen LogP contribution in [0.5, 0.6) is 0 Å². The number of nitrogens with zero attached hydrogens (tertiary/aromatic N) is 1. The maximum absolute atomic E-state index is 6.43. The van der Waals surface area contributed by atoms with Crippen LogP contribution < -0.4 is 5.73 Å². The molecule has 0 saturated carbocycles. The molecule has 0 spiro atoms. The van der Waals surface area contributed by atoms with E-state index in [1.807, 2.05) is 0 Å². The Bertz CT molecular complexity index is 518. The number of rotatable bonds is 3. The highest BCUT2D eigenvalue weighted by Gasteiger charge is 2.35. The van der Waals surface area contributed by atoms with E-state index in [1.165, 1.54) is 23.4 Å². The summed E-state index contributed by atoms with van der Waals surface area (Å²) in [5.41, 5.74) is 11.0. The van der Waals surface area contributed by atoms with Gasteiger partial charge >= 0.3 is 0 Å². The van der Waals surface area contributed by atoms with Crippen LogP contribution in [0.2, 0.25) is 0 Å². The van der Waals surface area contributed by atoms with Crippen LogP contribution in [0, 0.1) is 18.3 Å². The first kappa shape index (κ1) is 15.1. The summed E-state index contributed by atoms with van der Waals surface area (Å²) in [6.45, 7) is 11.2. The number of aromatic nitrogens is 1. The quantitative estimate of drug-likeness (QED) is 0.924. The van der Waals surface area contributed by atoms with Crippen molar-refractivity contribution >= 4 is 0 Å². The summed E-state index contributed by atoms with van der Waals surface area (Å²) in [5, 5.41) is 0. The van der Waals surface area contributed by atoms with Gasteiger partial charge in [0.25, 0.3) is 0 Å². The van der Waals surface area contributed by atoms with Gasteiger partial charge in [0.05, 0.1) is 6.10 Å². The first-order chi connectivity index (χ1) is 9.91. The molecule has 2 N–H and O–H groups in total. The van der Waals surface area contributed by atoms with E-state index < -0.39 is 0 Å². The maximum Gasteiger partial charge on any atom is 0.0618 e. The Morgan fingerprint density at radius 3 is 2.90 bits per heavy atom. The molecule has 0 aromatic carbocycles. The van der Waals surface area contributed by atoms with E-state index in [-0.39, 0.29) is 6.04 Å². The molecule has 3 heteroatoms. The Morgan fingerprint density at radius 2 is 2.19 bits per heavy atom. The van der Waals surface area contributed by atoms with Gasteiger partial charge in [-0.1, -0.05) is 20.8 Å². The van der Waals surface area contributed by atoms with E-state index in [2.05, 4.69) is 38.3 Å². The van der Waals surface area contributed by atoms with Crippen molar-refractivity contribution in [2.75, 3.05) is 6.61 Å². The van der Waals surface area contributed by atoms with Crippen LogP contribution in [0.15, 0.2) is 6.07 Å². The van der Waals surface area contributed by atoms with Crippen molar-refractivity contribution in [3.05, 3.63) is 23.0 Å². The molecular formula is C18H30N2O. The molecule has 1 aliphatic heterocycles. The average Bonchev–Trinajstić information content (AvgIpc) is 2.96. The van der Waals surface area contributed by atoms with Crippen molar-refractivity contribution in [1.82, 2.24) is 4.57 Å². The van der Waals surface area contributed by atoms with E-state index in [0.717, 1.165) is 32.4 Å². The lowest BCUT2D eigenvalue weighted by Crippen LogP contribution is -2.31. The highest BCUT2D eigenvalue weighted by atomic mass is 16.5. The van der Waals surface area contributed by atoms with E-state index >= 15 is 0 Å². The Kier molecular flexibility index (Phi) is 3.91. The average molecular weight is 290 g/mol. The van der Waals surface area contributed by atoms with Gasteiger partial charge in [-0.2, -0.15) is 0 Å². The van der Waals surface area contributed by atoms with E-state index in [0.29, 0.717) is 17.4 Å². The Morgan fingerprint density at radius 1 is 1.43 bits per heavy atom. The number of hydrogen-bond acceptors (Lipinski definition) is 2. The minimum Gasteiger partial charge on any atom is -0.378 e. The molecule has 0 amide bonds. The van der Waals surface area contributed by atoms with Crippen LogP contribution in [0.4, 0.5) is 0 Å². The topological polar surface area (TPSA) is 40.2 Å². The summed E-state index contributed by atoms with van der Waals surface area (Å²) in [4.78, 5) is 0. The lowest BCUT2D eigenvalue weighted by atomic mass is 9.74. The molecule has 21 heavy (non-hydrogen) atoms. The third-order valence-electron chi connectivity index (χ3n) is 5.43. The monoisotopic (exact) mass is 290 g/mol. The van der Waals surface area contributed by atoms with Crippen LogP contribution in [0.1, 0.15) is 63.0 Å². The van der Waals surface area contributed by atoms with Gasteiger partial charge < -0.3 is 15.0 Å². The van der Waals surface area contributed by atoms with Crippen LogP contribution >= 0.6 is 0 Å². The predicted octanol–water partition coefficient (Wildman–Crippen LogP) is 3.58. The Labute approximate surface area is 128 Å². The molecule has 3 unspecified atom stereocenters. The smallest absolute Gasteiger partial charge is 0.0618 e. The van der Waals surface area contributed by atoms with Crippen molar-refractivity contribution in [2.24, 2.45) is 17.1 Å². The van der Waals surface area contributed by atoms with Gasteiger partial charge in [-0.15, -0.1) is 0 Å². The SMILES string of the molecule is CCC1OCCC1Cn1c(C)cc2c1CC(C)(C)CC2N. The first-order valence-corrected chi connectivity index (χ1v) is 8.47. The minimum absolute atomic E-state index is 0.200. The normalized spacial score (nSPS) is 31.4. The summed E-state index contributed by atoms with van der Waals surface area (Å²) in [6.07, 6.45) is 4.99. The summed E-state index contributed by atoms with van der Waals surface area (Å²) in [7, 11) is 0. The molecular weight excluding hydrogens is 260 g/mol. The van der Waals surface area contributed by atoms with Gasteiger partial charge in [0.2, 0.25) is 0 Å². The zero-order valence-electron chi connectivity index (χ0n) is 14.0. The first-order valence-electron chi connectivity index (χ1n) is 8.47. The molecule has 2 aliphatic rings. The Balaban J connectivity index is 1.90. The second kappa shape index (κ2) is 5.44. The van der Waals surface area contributed by atoms with Gasteiger partial charge in [-0.25, -0.2) is 0 Å². The van der Waals surface area contributed by atoms with Gasteiger partial charge in [-0.05, 0) is 49.7 Å². The van der Waals surface area contributed by atoms with E-state index in [4.69, 9.17) is 10.5 Å². The molecule has 1 aromatic heterocycles. The van der Waals surface area contributed by atoms with Crippen LogP contribution in [0.3, 0.4) is 0 Å². The van der Waals surface area contributed by atoms with Crippen LogP contribution in [-0.2, 0) is 17.7 Å². The summed E-state index contributed by atoms with van der Waals surface area (Å²) in [5.74, 6) is 0.659. The fourth-order valence-corrected chi connectivity index (χ4v) is 4.35. The molecule has 3 atom stereocenters. The summed E-state index contributed by atoms with van der Waals surface area (Å²) < 4.78 is 8.41. The predicted molar refractivity (Wildman–Crippen MR) is 86.3 cm³/mol. The zero-order valence-corrected chi connectivity index (χ0v) is 14.0. The number of hydrogen-bond donors (Lipinski definition) is 1. The highest BCUT2D eigenvalue weighted by Crippen LogP contribution is 2.41. The molecule has 2 heterocycles. The molecule has 1 saturated heterocycles. The second-order valence-corrected chi connectivity index (χ2v) is 7.82. The summed E-state index contributed by atoms with van der Waals surface area (Å²) >= 11 is 0. The van der Waals surface area contributed by atoms with Crippen molar-refractivity contribution in [3.8, 4) is 0 Å². The highest BCUT2D eigenvalue weighted by molar-refractivity contribution is 5.34.